The number of guanidine groups is 1. The highest BCUT2D eigenvalue weighted by atomic mass is 19.4. The van der Waals surface area contributed by atoms with Crippen molar-refractivity contribution in [2.45, 2.75) is 39.9 Å². The van der Waals surface area contributed by atoms with Gasteiger partial charge in [0.15, 0.2) is 5.96 Å². The molecule has 26 heavy (non-hydrogen) atoms. The summed E-state index contributed by atoms with van der Waals surface area (Å²) in [6, 6.07) is 9.76. The zero-order valence-corrected chi connectivity index (χ0v) is 15.2. The Hall–Kier alpha value is -2.51. The summed E-state index contributed by atoms with van der Waals surface area (Å²) in [5.74, 6) is 0.364. The first-order chi connectivity index (χ1) is 12.3. The Morgan fingerprint density at radius 2 is 1.85 bits per heavy atom. The first-order valence-corrected chi connectivity index (χ1v) is 8.51. The number of nitrogens with one attached hydrogen (secondary N) is 2. The first-order valence-electron chi connectivity index (χ1n) is 8.51. The van der Waals surface area contributed by atoms with E-state index in [2.05, 4.69) is 20.7 Å². The lowest BCUT2D eigenvalue weighted by atomic mass is 10.2. The van der Waals surface area contributed by atoms with E-state index >= 15 is 0 Å². The van der Waals surface area contributed by atoms with Crippen molar-refractivity contribution in [3.05, 3.63) is 47.3 Å². The van der Waals surface area contributed by atoms with Gasteiger partial charge in [-0.25, -0.2) is 9.67 Å². The fraction of sp³-hybridized carbons (Fsp3) is 0.444. The van der Waals surface area contributed by atoms with Crippen LogP contribution in [0.1, 0.15) is 30.3 Å². The third-order valence-electron chi connectivity index (χ3n) is 3.88. The van der Waals surface area contributed by atoms with Crippen LogP contribution in [0.25, 0.3) is 5.69 Å². The predicted molar refractivity (Wildman–Crippen MR) is 96.5 cm³/mol. The standard InChI is InChI=1S/C18H24F3N5/c1-4-22-17(23-11-10-18(19,20)21)24-12-16-13(2)25-26(14(16)3)15-8-6-5-7-9-15/h5-9H,4,10-12H2,1-3H3,(H2,22,23,24). The molecule has 0 aliphatic heterocycles. The molecule has 0 aliphatic rings. The van der Waals surface area contributed by atoms with Gasteiger partial charge in [-0.15, -0.1) is 0 Å². The van der Waals surface area contributed by atoms with Gasteiger partial charge in [0, 0.05) is 24.3 Å². The number of benzene rings is 1. The van der Waals surface area contributed by atoms with Gasteiger partial charge in [-0.05, 0) is 32.9 Å². The minimum atomic E-state index is -4.19. The topological polar surface area (TPSA) is 54.2 Å². The molecule has 0 saturated carbocycles. The maximum absolute atomic E-state index is 12.3. The lowest BCUT2D eigenvalue weighted by Crippen LogP contribution is -2.38. The molecule has 2 aromatic rings. The molecule has 0 bridgehead atoms. The van der Waals surface area contributed by atoms with E-state index in [1.54, 1.807) is 0 Å². The molecule has 1 aromatic heterocycles. The van der Waals surface area contributed by atoms with Crippen LogP contribution in [0.5, 0.6) is 0 Å². The second-order valence-corrected chi connectivity index (χ2v) is 5.88. The average Bonchev–Trinajstić information content (AvgIpc) is 2.87. The number of aromatic nitrogens is 2. The van der Waals surface area contributed by atoms with Gasteiger partial charge in [0.05, 0.1) is 24.3 Å². The average molecular weight is 367 g/mol. The Morgan fingerprint density at radius 3 is 2.46 bits per heavy atom. The highest BCUT2D eigenvalue weighted by Gasteiger charge is 2.26. The van der Waals surface area contributed by atoms with Crippen molar-refractivity contribution in [3.8, 4) is 5.69 Å². The Bertz CT molecular complexity index is 735. The summed E-state index contributed by atoms with van der Waals surface area (Å²) in [5.41, 5.74) is 3.73. The summed E-state index contributed by atoms with van der Waals surface area (Å²) < 4.78 is 38.8. The van der Waals surface area contributed by atoms with Crippen LogP contribution in [-0.2, 0) is 6.54 Å². The monoisotopic (exact) mass is 367 g/mol. The zero-order valence-electron chi connectivity index (χ0n) is 15.2. The van der Waals surface area contributed by atoms with Gasteiger partial charge in [-0.2, -0.15) is 18.3 Å². The molecule has 0 fully saturated rings. The maximum Gasteiger partial charge on any atom is 0.390 e. The van der Waals surface area contributed by atoms with Crippen molar-refractivity contribution in [1.29, 1.82) is 0 Å². The van der Waals surface area contributed by atoms with E-state index < -0.39 is 12.6 Å². The SMILES string of the molecule is CCNC(=NCc1c(C)nn(-c2ccccc2)c1C)NCCC(F)(F)F. The van der Waals surface area contributed by atoms with E-state index in [1.807, 2.05) is 55.8 Å². The summed E-state index contributed by atoms with van der Waals surface area (Å²) in [6.07, 6.45) is -5.09. The van der Waals surface area contributed by atoms with Crippen molar-refractivity contribution in [2.24, 2.45) is 4.99 Å². The molecule has 5 nitrogen and oxygen atoms in total. The molecule has 0 spiro atoms. The van der Waals surface area contributed by atoms with E-state index in [0.29, 0.717) is 19.0 Å². The minimum Gasteiger partial charge on any atom is -0.357 e. The van der Waals surface area contributed by atoms with Gasteiger partial charge in [-0.1, -0.05) is 18.2 Å². The number of hydrogen-bond donors (Lipinski definition) is 2. The van der Waals surface area contributed by atoms with Crippen molar-refractivity contribution >= 4 is 5.96 Å². The van der Waals surface area contributed by atoms with Crippen molar-refractivity contribution < 1.29 is 13.2 Å². The van der Waals surface area contributed by atoms with Crippen LogP contribution in [0.15, 0.2) is 35.3 Å². The number of para-hydroxylation sites is 1. The molecular weight excluding hydrogens is 343 g/mol. The lowest BCUT2D eigenvalue weighted by Gasteiger charge is -2.12. The van der Waals surface area contributed by atoms with Crippen LogP contribution in [0.2, 0.25) is 0 Å². The summed E-state index contributed by atoms with van der Waals surface area (Å²) in [7, 11) is 0. The Labute approximate surface area is 151 Å². The van der Waals surface area contributed by atoms with E-state index in [9.17, 15) is 13.2 Å². The molecular formula is C18H24F3N5. The van der Waals surface area contributed by atoms with Gasteiger partial charge in [0.25, 0.3) is 0 Å². The second kappa shape index (κ2) is 8.73. The fourth-order valence-electron chi connectivity index (χ4n) is 2.55. The highest BCUT2D eigenvalue weighted by molar-refractivity contribution is 5.79. The van der Waals surface area contributed by atoms with Gasteiger partial charge in [0.2, 0.25) is 0 Å². The molecule has 0 unspecified atom stereocenters. The molecule has 142 valence electrons. The van der Waals surface area contributed by atoms with Crippen LogP contribution in [0.4, 0.5) is 13.2 Å². The van der Waals surface area contributed by atoms with Crippen molar-refractivity contribution in [3.63, 3.8) is 0 Å². The quantitative estimate of drug-likeness (QED) is 0.607. The Kier molecular flexibility index (Phi) is 6.65. The predicted octanol–water partition coefficient (Wildman–Crippen LogP) is 3.50. The van der Waals surface area contributed by atoms with Crippen molar-refractivity contribution in [1.82, 2.24) is 20.4 Å². The molecule has 0 amide bonds. The van der Waals surface area contributed by atoms with Gasteiger partial charge >= 0.3 is 6.18 Å². The third kappa shape index (κ3) is 5.50. The summed E-state index contributed by atoms with van der Waals surface area (Å²) in [6.45, 7) is 6.43. The van der Waals surface area contributed by atoms with Gasteiger partial charge in [0.1, 0.15) is 0 Å². The maximum atomic E-state index is 12.3. The zero-order chi connectivity index (χ0) is 19.2. The molecule has 2 N–H and O–H groups in total. The summed E-state index contributed by atoms with van der Waals surface area (Å²) >= 11 is 0. The largest absolute Gasteiger partial charge is 0.390 e. The normalized spacial score (nSPS) is 12.3. The van der Waals surface area contributed by atoms with Crippen LogP contribution in [0.3, 0.4) is 0 Å². The van der Waals surface area contributed by atoms with Crippen molar-refractivity contribution in [2.75, 3.05) is 13.1 Å². The number of aliphatic imine (C=N–C) groups is 1. The lowest BCUT2D eigenvalue weighted by molar-refractivity contribution is -0.132. The number of nitrogens with zero attached hydrogens (tertiary/aromatic N) is 3. The molecule has 2 rings (SSSR count). The van der Waals surface area contributed by atoms with Crippen LogP contribution in [-0.4, -0.2) is 35.0 Å². The number of halogens is 3. The fourth-order valence-corrected chi connectivity index (χ4v) is 2.55. The van der Waals surface area contributed by atoms with Gasteiger partial charge in [-0.3, -0.25) is 0 Å². The molecule has 8 heteroatoms. The molecule has 1 aromatic carbocycles. The summed E-state index contributed by atoms with van der Waals surface area (Å²) in [4.78, 5) is 4.41. The third-order valence-corrected chi connectivity index (χ3v) is 3.88. The molecule has 1 heterocycles. The Morgan fingerprint density at radius 1 is 1.15 bits per heavy atom. The number of hydrogen-bond acceptors (Lipinski definition) is 2. The van der Waals surface area contributed by atoms with E-state index in [0.717, 1.165) is 22.6 Å². The van der Waals surface area contributed by atoms with Crippen LogP contribution >= 0.6 is 0 Å². The number of alkyl halides is 3. The smallest absolute Gasteiger partial charge is 0.357 e. The second-order valence-electron chi connectivity index (χ2n) is 5.88. The minimum absolute atomic E-state index is 0.212. The molecule has 0 aliphatic carbocycles. The Balaban J connectivity index is 2.12. The van der Waals surface area contributed by atoms with Crippen LogP contribution in [0, 0.1) is 13.8 Å². The molecule has 0 saturated heterocycles. The number of aryl methyl sites for hydroxylation is 1. The highest BCUT2D eigenvalue weighted by Crippen LogP contribution is 2.19. The first kappa shape index (κ1) is 19.8. The van der Waals surface area contributed by atoms with Crippen LogP contribution < -0.4 is 10.6 Å². The number of rotatable bonds is 6. The van der Waals surface area contributed by atoms with Gasteiger partial charge < -0.3 is 10.6 Å². The van der Waals surface area contributed by atoms with E-state index in [1.165, 1.54) is 0 Å². The van der Waals surface area contributed by atoms with E-state index in [-0.39, 0.29) is 6.54 Å². The van der Waals surface area contributed by atoms with E-state index in [4.69, 9.17) is 0 Å². The molecule has 0 radical (unpaired) electrons. The summed E-state index contributed by atoms with van der Waals surface area (Å²) in [5, 5.41) is 10.2. The molecule has 0 atom stereocenters.